The monoisotopic (exact) mass is 254 g/mol. The van der Waals surface area contributed by atoms with E-state index in [0.717, 1.165) is 5.69 Å². The summed E-state index contributed by atoms with van der Waals surface area (Å²) in [6.07, 6.45) is 0. The number of thiophene rings is 1. The van der Waals surface area contributed by atoms with Crippen LogP contribution in [0.1, 0.15) is 10.4 Å². The lowest BCUT2D eigenvalue weighted by Crippen LogP contribution is -2.12. The van der Waals surface area contributed by atoms with Crippen LogP contribution in [0.3, 0.4) is 0 Å². The third kappa shape index (κ3) is 2.74. The Labute approximate surface area is 104 Å². The summed E-state index contributed by atoms with van der Waals surface area (Å²) in [6.45, 7) is 0. The standard InChI is InChI=1S/C11H10N2OS.ClH/c12-10-7-15-6-9(10)11(14)13-8-4-2-1-3-5-8;/h1-7H,12H2,(H,13,14);1H. The number of benzene rings is 1. The number of anilines is 2. The van der Waals surface area contributed by atoms with Gasteiger partial charge in [0.2, 0.25) is 0 Å². The minimum atomic E-state index is -0.167. The number of halogens is 1. The number of rotatable bonds is 2. The first-order valence-corrected chi connectivity index (χ1v) is 5.40. The number of nitrogen functional groups attached to an aromatic ring is 1. The van der Waals surface area contributed by atoms with Gasteiger partial charge < -0.3 is 11.1 Å². The van der Waals surface area contributed by atoms with E-state index in [-0.39, 0.29) is 18.3 Å². The van der Waals surface area contributed by atoms with Crippen LogP contribution in [0.15, 0.2) is 41.1 Å². The molecule has 1 heterocycles. The summed E-state index contributed by atoms with van der Waals surface area (Å²) in [5.74, 6) is -0.167. The summed E-state index contributed by atoms with van der Waals surface area (Å²) >= 11 is 1.42. The fourth-order valence-electron chi connectivity index (χ4n) is 1.21. The third-order valence-corrected chi connectivity index (χ3v) is 2.73. The van der Waals surface area contributed by atoms with Gasteiger partial charge in [-0.2, -0.15) is 0 Å². The summed E-state index contributed by atoms with van der Waals surface area (Å²) in [6, 6.07) is 9.30. The highest BCUT2D eigenvalue weighted by atomic mass is 35.5. The van der Waals surface area contributed by atoms with Crippen molar-refractivity contribution >= 4 is 41.0 Å². The molecule has 0 atom stereocenters. The normalized spacial score (nSPS) is 9.25. The first kappa shape index (κ1) is 12.5. The average Bonchev–Trinajstić information content (AvgIpc) is 2.66. The molecule has 0 aliphatic rings. The van der Waals surface area contributed by atoms with E-state index in [1.54, 1.807) is 10.8 Å². The minimum absolute atomic E-state index is 0. The van der Waals surface area contributed by atoms with Gasteiger partial charge in [-0.25, -0.2) is 0 Å². The van der Waals surface area contributed by atoms with Crippen molar-refractivity contribution in [3.8, 4) is 0 Å². The van der Waals surface area contributed by atoms with Gasteiger partial charge >= 0.3 is 0 Å². The fraction of sp³-hybridized carbons (Fsp3) is 0. The number of hydrogen-bond acceptors (Lipinski definition) is 3. The number of carbonyl (C=O) groups is 1. The Morgan fingerprint density at radius 2 is 1.88 bits per heavy atom. The van der Waals surface area contributed by atoms with Gasteiger partial charge in [-0.05, 0) is 12.1 Å². The van der Waals surface area contributed by atoms with Crippen LogP contribution in [0.25, 0.3) is 0 Å². The molecule has 3 nitrogen and oxygen atoms in total. The lowest BCUT2D eigenvalue weighted by Gasteiger charge is -2.03. The van der Waals surface area contributed by atoms with Crippen molar-refractivity contribution in [1.29, 1.82) is 0 Å². The second kappa shape index (κ2) is 5.53. The summed E-state index contributed by atoms with van der Waals surface area (Å²) in [7, 11) is 0. The molecule has 5 heteroatoms. The number of amides is 1. The Bertz CT molecular complexity index is 470. The van der Waals surface area contributed by atoms with E-state index in [2.05, 4.69) is 5.32 Å². The molecule has 0 saturated heterocycles. The van der Waals surface area contributed by atoms with Crippen LogP contribution < -0.4 is 11.1 Å². The van der Waals surface area contributed by atoms with Gasteiger partial charge in [-0.15, -0.1) is 23.7 Å². The molecule has 3 N–H and O–H groups in total. The largest absolute Gasteiger partial charge is 0.397 e. The molecule has 1 aromatic carbocycles. The van der Waals surface area contributed by atoms with Crippen LogP contribution in [-0.4, -0.2) is 5.91 Å². The molecule has 0 unspecified atom stereocenters. The van der Waals surface area contributed by atoms with Gasteiger partial charge in [0.15, 0.2) is 0 Å². The molecular weight excluding hydrogens is 244 g/mol. The van der Waals surface area contributed by atoms with Gasteiger partial charge in [-0.1, -0.05) is 18.2 Å². The molecule has 0 aliphatic carbocycles. The van der Waals surface area contributed by atoms with Gasteiger partial charge in [0.25, 0.3) is 5.91 Å². The molecule has 2 aromatic rings. The highest BCUT2D eigenvalue weighted by Crippen LogP contribution is 2.18. The first-order chi connectivity index (χ1) is 7.27. The van der Waals surface area contributed by atoms with Crippen LogP contribution in [0, 0.1) is 0 Å². The second-order valence-corrected chi connectivity index (χ2v) is 3.80. The average molecular weight is 255 g/mol. The Hall–Kier alpha value is -1.52. The molecule has 0 saturated carbocycles. The third-order valence-electron chi connectivity index (χ3n) is 1.97. The van der Waals surface area contributed by atoms with Gasteiger partial charge in [0, 0.05) is 16.4 Å². The summed E-state index contributed by atoms with van der Waals surface area (Å²) in [5, 5.41) is 6.27. The van der Waals surface area contributed by atoms with E-state index < -0.39 is 0 Å². The molecule has 0 radical (unpaired) electrons. The SMILES string of the molecule is Cl.Nc1cscc1C(=O)Nc1ccccc1. The van der Waals surface area contributed by atoms with Crippen molar-refractivity contribution in [3.63, 3.8) is 0 Å². The summed E-state index contributed by atoms with van der Waals surface area (Å²) in [5.41, 5.74) is 7.47. The molecule has 16 heavy (non-hydrogen) atoms. The van der Waals surface area contributed by atoms with Crippen molar-refractivity contribution in [2.75, 3.05) is 11.1 Å². The number of carbonyl (C=O) groups excluding carboxylic acids is 1. The number of para-hydroxylation sites is 1. The fourth-order valence-corrected chi connectivity index (χ4v) is 1.93. The van der Waals surface area contributed by atoms with E-state index in [9.17, 15) is 4.79 Å². The van der Waals surface area contributed by atoms with Crippen LogP contribution in [0.5, 0.6) is 0 Å². The Balaban J connectivity index is 0.00000128. The van der Waals surface area contributed by atoms with Crippen molar-refractivity contribution in [2.45, 2.75) is 0 Å². The van der Waals surface area contributed by atoms with Crippen molar-refractivity contribution in [1.82, 2.24) is 0 Å². The van der Waals surface area contributed by atoms with Gasteiger partial charge in [0.05, 0.1) is 11.3 Å². The van der Waals surface area contributed by atoms with Gasteiger partial charge in [-0.3, -0.25) is 4.79 Å². The molecule has 0 bridgehead atoms. The van der Waals surface area contributed by atoms with E-state index >= 15 is 0 Å². The van der Waals surface area contributed by atoms with E-state index in [0.29, 0.717) is 11.3 Å². The molecule has 1 aromatic heterocycles. The lowest BCUT2D eigenvalue weighted by molar-refractivity contribution is 0.102. The predicted octanol–water partition coefficient (Wildman–Crippen LogP) is 3.00. The number of nitrogens with two attached hydrogens (primary N) is 1. The van der Waals surface area contributed by atoms with E-state index in [1.165, 1.54) is 11.3 Å². The lowest BCUT2D eigenvalue weighted by atomic mass is 10.2. The van der Waals surface area contributed by atoms with Crippen LogP contribution in [0.2, 0.25) is 0 Å². The minimum Gasteiger partial charge on any atom is -0.397 e. The zero-order valence-corrected chi connectivity index (χ0v) is 9.98. The Kier molecular flexibility index (Phi) is 4.34. The first-order valence-electron chi connectivity index (χ1n) is 4.45. The van der Waals surface area contributed by atoms with E-state index in [1.807, 2.05) is 30.3 Å². The summed E-state index contributed by atoms with van der Waals surface area (Å²) < 4.78 is 0. The van der Waals surface area contributed by atoms with Crippen LogP contribution in [0.4, 0.5) is 11.4 Å². The zero-order valence-electron chi connectivity index (χ0n) is 8.34. The highest BCUT2D eigenvalue weighted by Gasteiger charge is 2.09. The predicted molar refractivity (Wildman–Crippen MR) is 70.4 cm³/mol. The summed E-state index contributed by atoms with van der Waals surface area (Å²) in [4.78, 5) is 11.7. The van der Waals surface area contributed by atoms with Crippen molar-refractivity contribution in [2.24, 2.45) is 0 Å². The molecule has 84 valence electrons. The molecule has 1 amide bonds. The highest BCUT2D eigenvalue weighted by molar-refractivity contribution is 7.08. The topological polar surface area (TPSA) is 55.1 Å². The number of nitrogens with one attached hydrogen (secondary N) is 1. The molecule has 0 aliphatic heterocycles. The second-order valence-electron chi connectivity index (χ2n) is 3.06. The van der Waals surface area contributed by atoms with Crippen LogP contribution in [-0.2, 0) is 0 Å². The molecule has 0 fully saturated rings. The molecule has 0 spiro atoms. The van der Waals surface area contributed by atoms with Crippen LogP contribution >= 0.6 is 23.7 Å². The molecular formula is C11H11ClN2OS. The smallest absolute Gasteiger partial charge is 0.258 e. The maximum atomic E-state index is 11.7. The quantitative estimate of drug-likeness (QED) is 0.866. The maximum absolute atomic E-state index is 11.7. The molecule has 2 rings (SSSR count). The Morgan fingerprint density at radius 1 is 1.19 bits per heavy atom. The van der Waals surface area contributed by atoms with Crippen molar-refractivity contribution < 1.29 is 4.79 Å². The Morgan fingerprint density at radius 3 is 2.44 bits per heavy atom. The number of hydrogen-bond donors (Lipinski definition) is 2. The maximum Gasteiger partial charge on any atom is 0.258 e. The van der Waals surface area contributed by atoms with Crippen molar-refractivity contribution in [3.05, 3.63) is 46.7 Å². The zero-order chi connectivity index (χ0) is 10.7. The van der Waals surface area contributed by atoms with E-state index in [4.69, 9.17) is 5.73 Å². The van der Waals surface area contributed by atoms with Gasteiger partial charge in [0.1, 0.15) is 0 Å².